The van der Waals surface area contributed by atoms with Crippen LogP contribution >= 0.6 is 0 Å². The van der Waals surface area contributed by atoms with Crippen molar-refractivity contribution in [3.05, 3.63) is 47.8 Å². The van der Waals surface area contributed by atoms with E-state index in [2.05, 4.69) is 52.7 Å². The third kappa shape index (κ3) is 4.33. The number of likely N-dealkylation sites (tertiary alicyclic amines) is 1. The highest BCUT2D eigenvalue weighted by Gasteiger charge is 2.17. The van der Waals surface area contributed by atoms with E-state index >= 15 is 0 Å². The minimum absolute atomic E-state index is 0.116. The number of piperidine rings is 1. The Morgan fingerprint density at radius 1 is 1.26 bits per heavy atom. The first-order valence-electron chi connectivity index (χ1n) is 8.48. The molecule has 124 valence electrons. The summed E-state index contributed by atoms with van der Waals surface area (Å²) in [4.78, 5) is 2.42. The van der Waals surface area contributed by atoms with Gasteiger partial charge in [0, 0.05) is 50.2 Å². The first-order chi connectivity index (χ1) is 11.2. The highest BCUT2D eigenvalue weighted by atomic mass is 16.3. The Kier molecular flexibility index (Phi) is 5.31. The average molecular weight is 314 g/mol. The topological polar surface area (TPSA) is 53.3 Å². The minimum Gasteiger partial charge on any atom is -0.393 e. The average Bonchev–Trinajstić information content (AvgIpc) is 3.04. The molecule has 0 saturated carbocycles. The van der Waals surface area contributed by atoms with Crippen LogP contribution in [-0.4, -0.2) is 39.0 Å². The number of aliphatic hydroxyl groups is 1. The van der Waals surface area contributed by atoms with Crippen molar-refractivity contribution < 1.29 is 5.11 Å². The molecule has 1 fully saturated rings. The molecule has 0 unspecified atom stereocenters. The summed E-state index contributed by atoms with van der Waals surface area (Å²) in [6.45, 7) is 6.66. The van der Waals surface area contributed by atoms with Crippen molar-refractivity contribution in [1.82, 2.24) is 14.7 Å². The molecule has 0 radical (unpaired) electrons. The number of rotatable bonds is 6. The van der Waals surface area contributed by atoms with Crippen molar-refractivity contribution >= 4 is 5.69 Å². The molecule has 23 heavy (non-hydrogen) atoms. The minimum atomic E-state index is -0.116. The normalized spacial score (nSPS) is 16.6. The van der Waals surface area contributed by atoms with Crippen LogP contribution in [0.4, 0.5) is 5.69 Å². The van der Waals surface area contributed by atoms with Gasteiger partial charge in [0.05, 0.1) is 12.3 Å². The summed E-state index contributed by atoms with van der Waals surface area (Å²) in [7, 11) is 0. The lowest BCUT2D eigenvalue weighted by atomic mass is 10.1. The SMILES string of the molecule is CCn1cc(CNc2ccccc2CN2CCC(O)CC2)cn1. The van der Waals surface area contributed by atoms with Crippen molar-refractivity contribution in [2.45, 2.75) is 45.5 Å². The molecule has 0 amide bonds. The molecule has 3 rings (SSSR count). The number of para-hydroxylation sites is 1. The maximum Gasteiger partial charge on any atom is 0.0564 e. The van der Waals surface area contributed by atoms with Gasteiger partial charge in [-0.1, -0.05) is 18.2 Å². The summed E-state index contributed by atoms with van der Waals surface area (Å²) >= 11 is 0. The quantitative estimate of drug-likeness (QED) is 0.860. The molecule has 0 atom stereocenters. The molecule has 0 aliphatic carbocycles. The Morgan fingerprint density at radius 2 is 2.04 bits per heavy atom. The van der Waals surface area contributed by atoms with Gasteiger partial charge in [-0.25, -0.2) is 0 Å². The van der Waals surface area contributed by atoms with E-state index in [0.717, 1.165) is 45.6 Å². The number of aryl methyl sites for hydroxylation is 1. The molecule has 5 heteroatoms. The van der Waals surface area contributed by atoms with E-state index in [1.54, 1.807) is 0 Å². The Balaban J connectivity index is 1.61. The molecule has 1 aliphatic rings. The molecule has 1 saturated heterocycles. The Hall–Kier alpha value is -1.85. The number of benzene rings is 1. The van der Waals surface area contributed by atoms with Crippen LogP contribution in [0, 0.1) is 0 Å². The highest BCUT2D eigenvalue weighted by Crippen LogP contribution is 2.20. The third-order valence-electron chi connectivity index (χ3n) is 4.46. The number of anilines is 1. The standard InChI is InChI=1S/C18H26N4O/c1-2-22-13-15(12-20-22)11-19-18-6-4-3-5-16(18)14-21-9-7-17(23)8-10-21/h3-6,12-13,17,19,23H,2,7-11,14H2,1H3. The predicted molar refractivity (Wildman–Crippen MR) is 92.2 cm³/mol. The second-order valence-electron chi connectivity index (χ2n) is 6.22. The first kappa shape index (κ1) is 16.0. The molecule has 0 bridgehead atoms. The van der Waals surface area contributed by atoms with Gasteiger partial charge >= 0.3 is 0 Å². The highest BCUT2D eigenvalue weighted by molar-refractivity contribution is 5.51. The van der Waals surface area contributed by atoms with Gasteiger partial charge in [0.25, 0.3) is 0 Å². The van der Waals surface area contributed by atoms with Crippen LogP contribution in [0.1, 0.15) is 30.9 Å². The van der Waals surface area contributed by atoms with E-state index in [9.17, 15) is 5.11 Å². The molecular formula is C18H26N4O. The number of hydrogen-bond donors (Lipinski definition) is 2. The lowest BCUT2D eigenvalue weighted by Gasteiger charge is -2.30. The largest absolute Gasteiger partial charge is 0.393 e. The van der Waals surface area contributed by atoms with Gasteiger partial charge in [0.1, 0.15) is 0 Å². The molecule has 1 aromatic carbocycles. The Labute approximate surface area is 137 Å². The molecule has 1 aliphatic heterocycles. The smallest absolute Gasteiger partial charge is 0.0564 e. The maximum absolute atomic E-state index is 9.63. The van der Waals surface area contributed by atoms with Crippen LogP contribution in [0.2, 0.25) is 0 Å². The number of hydrogen-bond acceptors (Lipinski definition) is 4. The molecule has 2 aromatic rings. The Bertz CT molecular complexity index is 617. The first-order valence-corrected chi connectivity index (χ1v) is 8.48. The second-order valence-corrected chi connectivity index (χ2v) is 6.22. The van der Waals surface area contributed by atoms with E-state index in [1.807, 2.05) is 10.9 Å². The van der Waals surface area contributed by atoms with Crippen LogP contribution in [0.5, 0.6) is 0 Å². The monoisotopic (exact) mass is 314 g/mol. The van der Waals surface area contributed by atoms with Gasteiger partial charge in [-0.05, 0) is 31.4 Å². The van der Waals surface area contributed by atoms with Crippen molar-refractivity contribution in [2.24, 2.45) is 0 Å². The second kappa shape index (κ2) is 7.62. The van der Waals surface area contributed by atoms with Crippen LogP contribution in [0.25, 0.3) is 0 Å². The van der Waals surface area contributed by atoms with Gasteiger partial charge in [0.2, 0.25) is 0 Å². The molecular weight excluding hydrogens is 288 g/mol. The van der Waals surface area contributed by atoms with E-state index in [-0.39, 0.29) is 6.10 Å². The van der Waals surface area contributed by atoms with Crippen molar-refractivity contribution in [3.63, 3.8) is 0 Å². The van der Waals surface area contributed by atoms with Gasteiger partial charge in [-0.15, -0.1) is 0 Å². The van der Waals surface area contributed by atoms with Crippen LogP contribution in [0.3, 0.4) is 0 Å². The zero-order chi connectivity index (χ0) is 16.1. The van der Waals surface area contributed by atoms with Gasteiger partial charge < -0.3 is 10.4 Å². The summed E-state index contributed by atoms with van der Waals surface area (Å²) < 4.78 is 1.95. The fourth-order valence-corrected chi connectivity index (χ4v) is 3.02. The summed E-state index contributed by atoms with van der Waals surface area (Å²) in [6, 6.07) is 8.48. The Morgan fingerprint density at radius 3 is 2.78 bits per heavy atom. The summed E-state index contributed by atoms with van der Waals surface area (Å²) in [6.07, 6.45) is 5.65. The zero-order valence-corrected chi connectivity index (χ0v) is 13.8. The van der Waals surface area contributed by atoms with Crippen LogP contribution in [-0.2, 0) is 19.6 Å². The molecule has 1 aromatic heterocycles. The van der Waals surface area contributed by atoms with Crippen LogP contribution < -0.4 is 5.32 Å². The van der Waals surface area contributed by atoms with Crippen molar-refractivity contribution in [3.8, 4) is 0 Å². The molecule has 2 heterocycles. The van der Waals surface area contributed by atoms with Crippen molar-refractivity contribution in [1.29, 1.82) is 0 Å². The summed E-state index contributed by atoms with van der Waals surface area (Å²) in [5.74, 6) is 0. The van der Waals surface area contributed by atoms with E-state index in [4.69, 9.17) is 0 Å². The van der Waals surface area contributed by atoms with E-state index in [0.29, 0.717) is 0 Å². The number of aromatic nitrogens is 2. The number of nitrogens with one attached hydrogen (secondary N) is 1. The van der Waals surface area contributed by atoms with Crippen molar-refractivity contribution in [2.75, 3.05) is 18.4 Å². The molecule has 2 N–H and O–H groups in total. The summed E-state index contributed by atoms with van der Waals surface area (Å²) in [5, 5.41) is 17.5. The molecule has 0 spiro atoms. The number of nitrogens with zero attached hydrogens (tertiary/aromatic N) is 3. The lowest BCUT2D eigenvalue weighted by Crippen LogP contribution is -2.35. The summed E-state index contributed by atoms with van der Waals surface area (Å²) in [5.41, 5.74) is 3.69. The fourth-order valence-electron chi connectivity index (χ4n) is 3.02. The van der Waals surface area contributed by atoms with Crippen LogP contribution in [0.15, 0.2) is 36.7 Å². The molecule has 5 nitrogen and oxygen atoms in total. The maximum atomic E-state index is 9.63. The number of aliphatic hydroxyl groups excluding tert-OH is 1. The van der Waals surface area contributed by atoms with E-state index in [1.165, 1.54) is 16.8 Å². The predicted octanol–water partition coefficient (Wildman–Crippen LogP) is 2.47. The van der Waals surface area contributed by atoms with Gasteiger partial charge in [0.15, 0.2) is 0 Å². The third-order valence-corrected chi connectivity index (χ3v) is 4.46. The van der Waals surface area contributed by atoms with E-state index < -0.39 is 0 Å². The zero-order valence-electron chi connectivity index (χ0n) is 13.8. The lowest BCUT2D eigenvalue weighted by molar-refractivity contribution is 0.0793. The fraction of sp³-hybridized carbons (Fsp3) is 0.500. The van der Waals surface area contributed by atoms with Gasteiger partial charge in [-0.3, -0.25) is 9.58 Å². The van der Waals surface area contributed by atoms with Gasteiger partial charge in [-0.2, -0.15) is 5.10 Å².